The summed E-state index contributed by atoms with van der Waals surface area (Å²) in [7, 11) is -5.54. The predicted octanol–water partition coefficient (Wildman–Crippen LogP) is 2.47. The molecule has 0 bridgehead atoms. The minimum Gasteiger partial charge on any atom is -0.414 e. The molecule has 1 aliphatic carbocycles. The highest BCUT2D eigenvalue weighted by molar-refractivity contribution is 7.86. The highest BCUT2D eigenvalue weighted by Gasteiger charge is 2.41. The molecule has 0 aromatic rings. The second-order valence-corrected chi connectivity index (χ2v) is 13.4. The van der Waals surface area contributed by atoms with Crippen LogP contribution in [-0.4, -0.2) is 41.0 Å². The van der Waals surface area contributed by atoms with Crippen LogP contribution in [-0.2, 0) is 23.5 Å². The van der Waals surface area contributed by atoms with E-state index in [2.05, 4.69) is 33.9 Å². The molecule has 0 aromatic heterocycles. The van der Waals surface area contributed by atoms with E-state index in [0.29, 0.717) is 19.3 Å². The molecule has 7 heteroatoms. The van der Waals surface area contributed by atoms with Gasteiger partial charge in [-0.25, -0.2) is 0 Å². The van der Waals surface area contributed by atoms with Gasteiger partial charge in [0.1, 0.15) is 6.10 Å². The summed E-state index contributed by atoms with van der Waals surface area (Å²) in [6, 6.07) is 0. The van der Waals surface area contributed by atoms with E-state index in [1.54, 1.807) is 0 Å². The van der Waals surface area contributed by atoms with E-state index in [9.17, 15) is 13.2 Å². The van der Waals surface area contributed by atoms with Crippen LogP contribution in [0.1, 0.15) is 40.0 Å². The third-order valence-electron chi connectivity index (χ3n) is 4.11. The van der Waals surface area contributed by atoms with Crippen LogP contribution >= 0.6 is 0 Å². The minimum absolute atomic E-state index is 0.0850. The number of rotatable bonds is 4. The van der Waals surface area contributed by atoms with Gasteiger partial charge in [0.2, 0.25) is 0 Å². The van der Waals surface area contributed by atoms with Crippen LogP contribution in [0, 0.1) is 0 Å². The number of Topliss-reactive ketones (excluding diaryl/α,β-unsaturated/α-hetero) is 1. The summed E-state index contributed by atoms with van der Waals surface area (Å²) in [6.45, 7) is 10.7. The van der Waals surface area contributed by atoms with Gasteiger partial charge in [0.15, 0.2) is 14.1 Å². The SMILES string of the molecule is CC(C)(C)[Si](C)(C)O[C@@H]1CCC(=O)[C@H](OS(C)(=O)=O)C1. The van der Waals surface area contributed by atoms with E-state index in [-0.39, 0.29) is 16.9 Å². The standard InChI is InChI=1S/C13H26O5SSi/c1-13(2,3)20(5,6)18-10-7-8-11(14)12(9-10)17-19(4,15)16/h10,12H,7-9H2,1-6H3/t10-,12-/m1/s1. The molecule has 2 atom stereocenters. The average Bonchev–Trinajstić information content (AvgIpc) is 2.18. The molecule has 1 aliphatic rings. The fourth-order valence-corrected chi connectivity index (χ4v) is 3.97. The zero-order valence-electron chi connectivity index (χ0n) is 13.2. The zero-order valence-corrected chi connectivity index (χ0v) is 15.0. The molecule has 0 saturated heterocycles. The predicted molar refractivity (Wildman–Crippen MR) is 80.6 cm³/mol. The van der Waals surface area contributed by atoms with Crippen molar-refractivity contribution in [3.8, 4) is 0 Å². The summed E-state index contributed by atoms with van der Waals surface area (Å²) in [5, 5.41) is 0.0850. The molecule has 0 amide bonds. The Morgan fingerprint density at radius 2 is 1.80 bits per heavy atom. The maximum absolute atomic E-state index is 11.7. The molecule has 20 heavy (non-hydrogen) atoms. The summed E-state index contributed by atoms with van der Waals surface area (Å²) in [6.07, 6.45) is 1.29. The van der Waals surface area contributed by atoms with Gasteiger partial charge in [0.05, 0.1) is 6.26 Å². The summed E-state index contributed by atoms with van der Waals surface area (Å²) >= 11 is 0. The topological polar surface area (TPSA) is 69.7 Å². The van der Waals surface area contributed by atoms with Gasteiger partial charge < -0.3 is 4.43 Å². The maximum Gasteiger partial charge on any atom is 0.265 e. The van der Waals surface area contributed by atoms with Gasteiger partial charge in [-0.2, -0.15) is 8.42 Å². The van der Waals surface area contributed by atoms with Crippen LogP contribution in [0.2, 0.25) is 18.1 Å². The zero-order chi connectivity index (χ0) is 15.8. The second-order valence-electron chi connectivity index (χ2n) is 7.03. The third kappa shape index (κ3) is 4.94. The smallest absolute Gasteiger partial charge is 0.265 e. The van der Waals surface area contributed by atoms with Crippen LogP contribution in [0.25, 0.3) is 0 Å². The molecule has 0 aliphatic heterocycles. The van der Waals surface area contributed by atoms with Gasteiger partial charge in [0, 0.05) is 18.9 Å². The van der Waals surface area contributed by atoms with E-state index in [4.69, 9.17) is 8.61 Å². The number of hydrogen-bond acceptors (Lipinski definition) is 5. The van der Waals surface area contributed by atoms with Gasteiger partial charge >= 0.3 is 0 Å². The van der Waals surface area contributed by atoms with Crippen molar-refractivity contribution in [3.05, 3.63) is 0 Å². The Morgan fingerprint density at radius 1 is 1.25 bits per heavy atom. The Hall–Kier alpha value is -0.243. The van der Waals surface area contributed by atoms with Crippen LogP contribution in [0.3, 0.4) is 0 Å². The van der Waals surface area contributed by atoms with Crippen LogP contribution in [0.5, 0.6) is 0 Å². The molecule has 0 heterocycles. The fraction of sp³-hybridized carbons (Fsp3) is 0.923. The van der Waals surface area contributed by atoms with Crippen molar-refractivity contribution in [2.24, 2.45) is 0 Å². The third-order valence-corrected chi connectivity index (χ3v) is 9.22. The highest BCUT2D eigenvalue weighted by atomic mass is 32.2. The first-order valence-corrected chi connectivity index (χ1v) is 11.6. The normalized spacial score (nSPS) is 25.8. The summed E-state index contributed by atoms with van der Waals surface area (Å²) in [5.74, 6) is -0.148. The molecule has 0 radical (unpaired) electrons. The van der Waals surface area contributed by atoms with Crippen molar-refractivity contribution in [3.63, 3.8) is 0 Å². The molecule has 0 N–H and O–H groups in total. The molecular weight excluding hydrogens is 296 g/mol. The Morgan fingerprint density at radius 3 is 2.25 bits per heavy atom. The molecule has 1 rings (SSSR count). The van der Waals surface area contributed by atoms with Gasteiger partial charge in [-0.3, -0.25) is 8.98 Å². The number of hydrogen-bond donors (Lipinski definition) is 0. The second kappa shape index (κ2) is 5.86. The lowest BCUT2D eigenvalue weighted by atomic mass is 9.94. The van der Waals surface area contributed by atoms with Gasteiger partial charge in [-0.05, 0) is 24.6 Å². The summed E-state index contributed by atoms with van der Waals surface area (Å²) < 4.78 is 33.5. The largest absolute Gasteiger partial charge is 0.414 e. The van der Waals surface area contributed by atoms with Crippen molar-refractivity contribution >= 4 is 24.2 Å². The van der Waals surface area contributed by atoms with Crippen molar-refractivity contribution in [1.29, 1.82) is 0 Å². The molecule has 118 valence electrons. The Labute approximate surface area is 123 Å². The monoisotopic (exact) mass is 322 g/mol. The van der Waals surface area contributed by atoms with E-state index in [1.165, 1.54) is 0 Å². The van der Waals surface area contributed by atoms with Crippen LogP contribution < -0.4 is 0 Å². The highest BCUT2D eigenvalue weighted by Crippen LogP contribution is 2.39. The molecule has 0 unspecified atom stereocenters. The summed E-state index contributed by atoms with van der Waals surface area (Å²) in [4.78, 5) is 11.7. The lowest BCUT2D eigenvalue weighted by Gasteiger charge is -2.41. The minimum atomic E-state index is -3.62. The van der Waals surface area contributed by atoms with Crippen molar-refractivity contribution in [1.82, 2.24) is 0 Å². The van der Waals surface area contributed by atoms with Gasteiger partial charge in [0.25, 0.3) is 10.1 Å². The van der Waals surface area contributed by atoms with E-state index >= 15 is 0 Å². The Balaban J connectivity index is 2.73. The first kappa shape index (κ1) is 17.8. The summed E-state index contributed by atoms with van der Waals surface area (Å²) in [5.41, 5.74) is 0. The van der Waals surface area contributed by atoms with Crippen LogP contribution in [0.15, 0.2) is 0 Å². The molecular formula is C13H26O5SSi. The fourth-order valence-electron chi connectivity index (χ4n) is 1.96. The molecule has 0 aromatic carbocycles. The van der Waals surface area contributed by atoms with E-state index < -0.39 is 24.5 Å². The van der Waals surface area contributed by atoms with Crippen molar-refractivity contribution < 1.29 is 21.8 Å². The first-order valence-electron chi connectivity index (χ1n) is 6.90. The Bertz CT molecular complexity index is 464. The number of carbonyl (C=O) groups is 1. The van der Waals surface area contributed by atoms with Crippen LogP contribution in [0.4, 0.5) is 0 Å². The Kier molecular flexibility index (Phi) is 5.22. The molecule has 5 nitrogen and oxygen atoms in total. The quantitative estimate of drug-likeness (QED) is 0.587. The van der Waals surface area contributed by atoms with Gasteiger partial charge in [-0.15, -0.1) is 0 Å². The van der Waals surface area contributed by atoms with E-state index in [0.717, 1.165) is 6.26 Å². The van der Waals surface area contributed by atoms with E-state index in [1.807, 2.05) is 0 Å². The van der Waals surface area contributed by atoms with Crippen molar-refractivity contribution in [2.75, 3.05) is 6.26 Å². The van der Waals surface area contributed by atoms with Gasteiger partial charge in [-0.1, -0.05) is 20.8 Å². The molecule has 0 spiro atoms. The lowest BCUT2D eigenvalue weighted by molar-refractivity contribution is -0.130. The first-order chi connectivity index (χ1) is 8.82. The molecule has 1 fully saturated rings. The van der Waals surface area contributed by atoms with Crippen molar-refractivity contribution in [2.45, 2.75) is 70.4 Å². The number of ketones is 1. The maximum atomic E-state index is 11.7. The number of carbonyl (C=O) groups excluding carboxylic acids is 1. The lowest BCUT2D eigenvalue weighted by Crippen LogP contribution is -2.47. The molecule has 1 saturated carbocycles. The average molecular weight is 322 g/mol.